The van der Waals surface area contributed by atoms with E-state index in [-0.39, 0.29) is 5.78 Å². The third-order valence-corrected chi connectivity index (χ3v) is 4.71. The molecular weight excluding hydrogens is 256 g/mol. The Morgan fingerprint density at radius 2 is 2.21 bits per heavy atom. The summed E-state index contributed by atoms with van der Waals surface area (Å²) in [5.74, 6) is 0.256. The van der Waals surface area contributed by atoms with Gasteiger partial charge in [0, 0.05) is 34.1 Å². The van der Waals surface area contributed by atoms with Gasteiger partial charge in [-0.3, -0.25) is 4.79 Å². The van der Waals surface area contributed by atoms with Gasteiger partial charge in [-0.2, -0.15) is 0 Å². The Hall–Kier alpha value is -1.19. The van der Waals surface area contributed by atoms with E-state index in [9.17, 15) is 4.79 Å². The zero-order chi connectivity index (χ0) is 13.1. The van der Waals surface area contributed by atoms with Crippen LogP contribution in [-0.4, -0.2) is 18.5 Å². The fourth-order valence-electron chi connectivity index (χ4n) is 2.66. The molecule has 3 rings (SSSR count). The molecule has 0 aliphatic carbocycles. The van der Waals surface area contributed by atoms with Crippen molar-refractivity contribution < 1.29 is 9.53 Å². The first-order valence-electron chi connectivity index (χ1n) is 6.95. The first-order valence-corrected chi connectivity index (χ1v) is 7.83. The maximum absolute atomic E-state index is 12.3. The van der Waals surface area contributed by atoms with Gasteiger partial charge in [0.15, 0.2) is 5.78 Å². The number of ether oxygens (including phenoxy) is 1. The predicted octanol–water partition coefficient (Wildman–Crippen LogP) is 4.43. The molecule has 1 saturated heterocycles. The van der Waals surface area contributed by atoms with E-state index >= 15 is 0 Å². The van der Waals surface area contributed by atoms with Crippen molar-refractivity contribution in [1.82, 2.24) is 0 Å². The summed E-state index contributed by atoms with van der Waals surface area (Å²) in [6, 6.07) is 8.12. The lowest BCUT2D eigenvalue weighted by Crippen LogP contribution is -2.19. The Bertz CT molecular complexity index is 567. The van der Waals surface area contributed by atoms with Crippen LogP contribution < -0.4 is 0 Å². The lowest BCUT2D eigenvalue weighted by molar-refractivity contribution is 0.0104. The summed E-state index contributed by atoms with van der Waals surface area (Å²) in [6.07, 6.45) is 5.27. The van der Waals surface area contributed by atoms with Crippen LogP contribution in [0.1, 0.15) is 42.5 Å². The molecule has 0 spiro atoms. The van der Waals surface area contributed by atoms with E-state index < -0.39 is 0 Å². The van der Waals surface area contributed by atoms with Crippen LogP contribution in [-0.2, 0) is 4.74 Å². The molecule has 1 aromatic carbocycles. The molecule has 3 heteroatoms. The van der Waals surface area contributed by atoms with Crippen LogP contribution in [0.15, 0.2) is 29.6 Å². The molecule has 0 radical (unpaired) electrons. The SMILES string of the molecule is O=C(CCC1CCCCO1)c1csc2ccccc12. The highest BCUT2D eigenvalue weighted by Crippen LogP contribution is 2.27. The van der Waals surface area contributed by atoms with Crippen LogP contribution in [0.25, 0.3) is 10.1 Å². The molecule has 19 heavy (non-hydrogen) atoms. The smallest absolute Gasteiger partial charge is 0.164 e. The highest BCUT2D eigenvalue weighted by atomic mass is 32.1. The van der Waals surface area contributed by atoms with Crippen LogP contribution in [0, 0.1) is 0 Å². The summed E-state index contributed by atoms with van der Waals surface area (Å²) < 4.78 is 6.88. The van der Waals surface area contributed by atoms with E-state index in [4.69, 9.17) is 4.74 Å². The molecule has 1 fully saturated rings. The van der Waals surface area contributed by atoms with Crippen LogP contribution in [0.2, 0.25) is 0 Å². The molecule has 0 saturated carbocycles. The Morgan fingerprint density at radius 3 is 3.05 bits per heavy atom. The minimum Gasteiger partial charge on any atom is -0.378 e. The Morgan fingerprint density at radius 1 is 1.32 bits per heavy atom. The van der Waals surface area contributed by atoms with Gasteiger partial charge >= 0.3 is 0 Å². The number of carbonyl (C=O) groups excluding carboxylic acids is 1. The fourth-order valence-corrected chi connectivity index (χ4v) is 3.62. The summed E-state index contributed by atoms with van der Waals surface area (Å²) in [4.78, 5) is 12.3. The van der Waals surface area contributed by atoms with Gasteiger partial charge in [-0.25, -0.2) is 0 Å². The minimum absolute atomic E-state index is 0.256. The largest absolute Gasteiger partial charge is 0.378 e. The highest BCUT2D eigenvalue weighted by Gasteiger charge is 2.17. The van der Waals surface area contributed by atoms with Crippen molar-refractivity contribution in [1.29, 1.82) is 0 Å². The van der Waals surface area contributed by atoms with E-state index in [1.165, 1.54) is 17.5 Å². The number of rotatable bonds is 4. The molecular formula is C16H18O2S. The summed E-state index contributed by atoms with van der Waals surface area (Å²) in [5.41, 5.74) is 0.886. The first-order chi connectivity index (χ1) is 9.34. The molecule has 1 aromatic heterocycles. The highest BCUT2D eigenvalue weighted by molar-refractivity contribution is 7.17. The number of carbonyl (C=O) groups is 1. The third-order valence-electron chi connectivity index (χ3n) is 3.75. The molecule has 2 aromatic rings. The topological polar surface area (TPSA) is 26.3 Å². The third kappa shape index (κ3) is 2.88. The second-order valence-corrected chi connectivity index (χ2v) is 6.01. The van der Waals surface area contributed by atoms with Gasteiger partial charge in [0.05, 0.1) is 6.10 Å². The standard InChI is InChI=1S/C16H18O2S/c17-15(9-8-12-5-3-4-10-18-12)14-11-19-16-7-2-1-6-13(14)16/h1-2,6-7,11-12H,3-5,8-10H2. The van der Waals surface area contributed by atoms with Gasteiger partial charge in [-0.05, 0) is 31.7 Å². The number of hydrogen-bond donors (Lipinski definition) is 0. The van der Waals surface area contributed by atoms with Gasteiger partial charge in [0.1, 0.15) is 0 Å². The van der Waals surface area contributed by atoms with E-state index in [0.29, 0.717) is 12.5 Å². The molecule has 1 aliphatic rings. The van der Waals surface area contributed by atoms with Gasteiger partial charge < -0.3 is 4.74 Å². The van der Waals surface area contributed by atoms with Crippen molar-refractivity contribution >= 4 is 27.2 Å². The van der Waals surface area contributed by atoms with Gasteiger partial charge in [-0.1, -0.05) is 18.2 Å². The maximum atomic E-state index is 12.3. The van der Waals surface area contributed by atoms with Crippen LogP contribution in [0.3, 0.4) is 0 Å². The number of fused-ring (bicyclic) bond motifs is 1. The molecule has 1 aliphatic heterocycles. The molecule has 1 unspecified atom stereocenters. The number of benzene rings is 1. The summed E-state index contributed by atoms with van der Waals surface area (Å²) in [6.45, 7) is 0.861. The quantitative estimate of drug-likeness (QED) is 0.771. The maximum Gasteiger partial charge on any atom is 0.164 e. The lowest BCUT2D eigenvalue weighted by Gasteiger charge is -2.22. The number of ketones is 1. The number of hydrogen-bond acceptors (Lipinski definition) is 3. The van der Waals surface area contributed by atoms with Crippen molar-refractivity contribution in [2.75, 3.05) is 6.61 Å². The van der Waals surface area contributed by atoms with Crippen molar-refractivity contribution in [3.63, 3.8) is 0 Å². The molecule has 0 bridgehead atoms. The van der Waals surface area contributed by atoms with Crippen LogP contribution >= 0.6 is 11.3 Å². The van der Waals surface area contributed by atoms with Crippen molar-refractivity contribution in [2.45, 2.75) is 38.2 Å². The normalized spacial score (nSPS) is 19.7. The lowest BCUT2D eigenvalue weighted by atomic mass is 10.00. The molecule has 2 heterocycles. The average Bonchev–Trinajstić information content (AvgIpc) is 2.90. The summed E-state index contributed by atoms with van der Waals surface area (Å²) >= 11 is 1.65. The Kier molecular flexibility index (Phi) is 3.95. The predicted molar refractivity (Wildman–Crippen MR) is 79.0 cm³/mol. The minimum atomic E-state index is 0.256. The van der Waals surface area contributed by atoms with E-state index in [2.05, 4.69) is 6.07 Å². The van der Waals surface area contributed by atoms with Crippen LogP contribution in [0.4, 0.5) is 0 Å². The zero-order valence-electron chi connectivity index (χ0n) is 10.9. The van der Waals surface area contributed by atoms with Crippen molar-refractivity contribution in [2.24, 2.45) is 0 Å². The fraction of sp³-hybridized carbons (Fsp3) is 0.438. The second kappa shape index (κ2) is 5.85. The number of Topliss-reactive ketones (excluding diaryl/α,β-unsaturated/α-hetero) is 1. The molecule has 0 N–H and O–H groups in total. The molecule has 1 atom stereocenters. The van der Waals surface area contributed by atoms with Gasteiger partial charge in [-0.15, -0.1) is 11.3 Å². The Labute approximate surface area is 117 Å². The molecule has 2 nitrogen and oxygen atoms in total. The summed E-state index contributed by atoms with van der Waals surface area (Å²) in [7, 11) is 0. The van der Waals surface area contributed by atoms with Crippen molar-refractivity contribution in [3.05, 3.63) is 35.2 Å². The molecule has 0 amide bonds. The van der Waals surface area contributed by atoms with Crippen molar-refractivity contribution in [3.8, 4) is 0 Å². The molecule has 100 valence electrons. The summed E-state index contributed by atoms with van der Waals surface area (Å²) in [5, 5.41) is 3.09. The zero-order valence-corrected chi connectivity index (χ0v) is 11.7. The monoisotopic (exact) mass is 274 g/mol. The van der Waals surface area contributed by atoms with Crippen LogP contribution in [0.5, 0.6) is 0 Å². The Balaban J connectivity index is 1.66. The van der Waals surface area contributed by atoms with Gasteiger partial charge in [0.2, 0.25) is 0 Å². The first kappa shape index (κ1) is 12.8. The van der Waals surface area contributed by atoms with E-state index in [0.717, 1.165) is 30.4 Å². The second-order valence-electron chi connectivity index (χ2n) is 5.10. The van der Waals surface area contributed by atoms with E-state index in [1.54, 1.807) is 11.3 Å². The average molecular weight is 274 g/mol. The van der Waals surface area contributed by atoms with E-state index in [1.807, 2.05) is 23.6 Å². The van der Waals surface area contributed by atoms with Gasteiger partial charge in [0.25, 0.3) is 0 Å². The number of thiophene rings is 1.